The zero-order chi connectivity index (χ0) is 19.2. The number of benzene rings is 1. The van der Waals surface area contributed by atoms with Crippen molar-refractivity contribution in [1.82, 2.24) is 19.7 Å². The van der Waals surface area contributed by atoms with E-state index in [1.54, 1.807) is 6.20 Å². The lowest BCUT2D eigenvalue weighted by Crippen LogP contribution is -2.22. The second-order valence-electron chi connectivity index (χ2n) is 6.58. The van der Waals surface area contributed by atoms with Gasteiger partial charge in [-0.3, -0.25) is 4.68 Å². The highest BCUT2D eigenvalue weighted by Crippen LogP contribution is 2.24. The maximum Gasteiger partial charge on any atom is 0.222 e. The van der Waals surface area contributed by atoms with Gasteiger partial charge in [0.2, 0.25) is 5.95 Å². The normalized spacial score (nSPS) is 12.4. The van der Waals surface area contributed by atoms with E-state index in [0.29, 0.717) is 24.3 Å². The van der Waals surface area contributed by atoms with Crippen molar-refractivity contribution in [2.24, 2.45) is 0 Å². The average molecular weight is 370 g/mol. The molecular weight excluding hydrogens is 344 g/mol. The van der Waals surface area contributed by atoms with Crippen LogP contribution in [0.4, 0.5) is 11.8 Å². The molecule has 0 fully saturated rings. The molecule has 0 aliphatic rings. The Morgan fingerprint density at radius 3 is 2.52 bits per heavy atom. The Morgan fingerprint density at radius 2 is 1.85 bits per heavy atom. The minimum atomic E-state index is 0.0237. The molecule has 8 nitrogen and oxygen atoms in total. The molecule has 8 heteroatoms. The number of nitrogen functional groups attached to an aromatic ring is 1. The number of fused-ring (bicyclic) bond motifs is 1. The van der Waals surface area contributed by atoms with Crippen molar-refractivity contribution in [1.29, 1.82) is 0 Å². The highest BCUT2D eigenvalue weighted by atomic mass is 16.3. The molecule has 2 aromatic heterocycles. The molecule has 3 rings (SSSR count). The fourth-order valence-electron chi connectivity index (χ4n) is 3.15. The van der Waals surface area contributed by atoms with Crippen LogP contribution in [0.15, 0.2) is 30.5 Å². The van der Waals surface area contributed by atoms with Crippen molar-refractivity contribution in [3.8, 4) is 0 Å². The first kappa shape index (κ1) is 19.1. The summed E-state index contributed by atoms with van der Waals surface area (Å²) >= 11 is 0. The van der Waals surface area contributed by atoms with Crippen molar-refractivity contribution in [2.75, 3.05) is 17.7 Å². The van der Waals surface area contributed by atoms with E-state index in [2.05, 4.69) is 27.3 Å². The van der Waals surface area contributed by atoms with Gasteiger partial charge in [-0.25, -0.2) is 4.98 Å². The molecule has 0 unspecified atom stereocenters. The maximum atomic E-state index is 9.33. The second-order valence-corrected chi connectivity index (χ2v) is 6.58. The van der Waals surface area contributed by atoms with E-state index in [9.17, 15) is 10.2 Å². The number of hydrogen-bond donors (Lipinski definition) is 4. The minimum absolute atomic E-state index is 0.0237. The fraction of sp³-hybridized carbons (Fsp3) is 0.421. The van der Waals surface area contributed by atoms with Crippen molar-refractivity contribution >= 4 is 22.8 Å². The van der Waals surface area contributed by atoms with Crippen molar-refractivity contribution in [3.63, 3.8) is 0 Å². The van der Waals surface area contributed by atoms with Gasteiger partial charge in [-0.05, 0) is 24.0 Å². The zero-order valence-electron chi connectivity index (χ0n) is 15.5. The number of aliphatic hydroxyl groups excluding tert-OH is 2. The lowest BCUT2D eigenvalue weighted by atomic mass is 10.1. The molecule has 27 heavy (non-hydrogen) atoms. The predicted octanol–water partition coefficient (Wildman–Crippen LogP) is 1.91. The van der Waals surface area contributed by atoms with Crippen LogP contribution >= 0.6 is 0 Å². The molecule has 3 aromatic rings. The summed E-state index contributed by atoms with van der Waals surface area (Å²) in [5, 5.41) is 26.4. The quantitative estimate of drug-likeness (QED) is 0.454. The largest absolute Gasteiger partial charge is 0.396 e. The molecule has 0 saturated heterocycles. The molecule has 5 N–H and O–H groups in total. The molecule has 144 valence electrons. The van der Waals surface area contributed by atoms with Crippen LogP contribution < -0.4 is 11.1 Å². The summed E-state index contributed by atoms with van der Waals surface area (Å²) in [4.78, 5) is 8.67. The monoisotopic (exact) mass is 370 g/mol. The van der Waals surface area contributed by atoms with Crippen LogP contribution in [-0.4, -0.2) is 42.6 Å². The predicted molar refractivity (Wildman–Crippen MR) is 105 cm³/mol. The summed E-state index contributed by atoms with van der Waals surface area (Å²) in [6.45, 7) is 2.79. The summed E-state index contributed by atoms with van der Waals surface area (Å²) in [5.41, 5.74) is 9.26. The molecule has 0 aliphatic heterocycles. The average Bonchev–Trinajstić information content (AvgIpc) is 3.05. The highest BCUT2D eigenvalue weighted by Gasteiger charge is 2.16. The van der Waals surface area contributed by atoms with Crippen LogP contribution in [0.1, 0.15) is 37.3 Å². The first-order valence-corrected chi connectivity index (χ1v) is 9.19. The molecule has 0 bridgehead atoms. The Kier molecular flexibility index (Phi) is 6.20. The number of aliphatic hydroxyl groups is 2. The second kappa shape index (κ2) is 8.79. The first-order valence-electron chi connectivity index (χ1n) is 9.19. The number of nitrogens with two attached hydrogens (primary N) is 1. The first-order chi connectivity index (χ1) is 13.1. The third kappa shape index (κ3) is 4.53. The van der Waals surface area contributed by atoms with Crippen molar-refractivity contribution < 1.29 is 10.2 Å². The van der Waals surface area contributed by atoms with E-state index < -0.39 is 0 Å². The Hall–Kier alpha value is -2.71. The molecule has 0 amide bonds. The topological polar surface area (TPSA) is 122 Å². The Labute approximate surface area is 158 Å². The number of rotatable bonds is 9. The van der Waals surface area contributed by atoms with Crippen molar-refractivity contribution in [2.45, 2.75) is 45.4 Å². The van der Waals surface area contributed by atoms with E-state index >= 15 is 0 Å². The van der Waals surface area contributed by atoms with E-state index in [1.807, 2.05) is 28.9 Å². The van der Waals surface area contributed by atoms with Crippen LogP contribution in [0.2, 0.25) is 0 Å². The molecule has 1 aromatic carbocycles. The van der Waals surface area contributed by atoms with Crippen LogP contribution in [0.5, 0.6) is 0 Å². The summed E-state index contributed by atoms with van der Waals surface area (Å²) in [5.74, 6) is 0.824. The lowest BCUT2D eigenvalue weighted by Gasteiger charge is -2.19. The summed E-state index contributed by atoms with van der Waals surface area (Å²) in [6, 6.07) is 7.83. The van der Waals surface area contributed by atoms with Gasteiger partial charge in [0.25, 0.3) is 0 Å². The van der Waals surface area contributed by atoms with Crippen LogP contribution in [0.25, 0.3) is 11.0 Å². The van der Waals surface area contributed by atoms with E-state index in [0.717, 1.165) is 29.5 Å². The maximum absolute atomic E-state index is 9.33. The van der Waals surface area contributed by atoms with Gasteiger partial charge in [0.1, 0.15) is 11.0 Å². The number of aromatic nitrogens is 4. The lowest BCUT2D eigenvalue weighted by molar-refractivity contribution is 0.276. The molecule has 0 aliphatic carbocycles. The molecule has 0 saturated carbocycles. The summed E-state index contributed by atoms with van der Waals surface area (Å²) in [6.07, 6.45) is 4.23. The summed E-state index contributed by atoms with van der Waals surface area (Å²) < 4.78 is 1.84. The molecule has 1 atom stereocenters. The number of anilines is 2. The number of nitrogens with zero attached hydrogens (tertiary/aromatic N) is 4. The number of hydrogen-bond acceptors (Lipinski definition) is 7. The van der Waals surface area contributed by atoms with Gasteiger partial charge in [-0.2, -0.15) is 10.1 Å². The van der Waals surface area contributed by atoms with E-state index in [4.69, 9.17) is 5.73 Å². The zero-order valence-corrected chi connectivity index (χ0v) is 15.5. The molecule has 0 spiro atoms. The molecule has 0 radical (unpaired) electrons. The highest BCUT2D eigenvalue weighted by molar-refractivity contribution is 5.86. The Bertz CT molecular complexity index is 872. The summed E-state index contributed by atoms with van der Waals surface area (Å²) in [7, 11) is 0. The third-order valence-electron chi connectivity index (χ3n) is 4.50. The van der Waals surface area contributed by atoms with Gasteiger partial charge < -0.3 is 21.3 Å². The third-order valence-corrected chi connectivity index (χ3v) is 4.50. The van der Waals surface area contributed by atoms with Crippen LogP contribution in [0, 0.1) is 0 Å². The minimum Gasteiger partial charge on any atom is -0.396 e. The van der Waals surface area contributed by atoms with Gasteiger partial charge in [-0.15, -0.1) is 0 Å². The number of nitrogens with one attached hydrogen (secondary N) is 1. The molecule has 2 heterocycles. The Balaban J connectivity index is 1.94. The van der Waals surface area contributed by atoms with E-state index in [-0.39, 0.29) is 25.2 Å². The van der Waals surface area contributed by atoms with Gasteiger partial charge >= 0.3 is 0 Å². The van der Waals surface area contributed by atoms with Crippen LogP contribution in [0.3, 0.4) is 0 Å². The SMILES string of the molecule is CCC[C@@H](CCO)Nc1nc(N)nc2cnn(Cc3ccc(CO)cc3)c12. The smallest absolute Gasteiger partial charge is 0.222 e. The van der Waals surface area contributed by atoms with Crippen molar-refractivity contribution in [3.05, 3.63) is 41.6 Å². The van der Waals surface area contributed by atoms with Crippen LogP contribution in [-0.2, 0) is 13.2 Å². The Morgan fingerprint density at radius 1 is 1.11 bits per heavy atom. The van der Waals surface area contributed by atoms with Gasteiger partial charge in [0, 0.05) is 12.6 Å². The molecular formula is C19H26N6O2. The fourth-order valence-corrected chi connectivity index (χ4v) is 3.15. The van der Waals surface area contributed by atoms with Gasteiger partial charge in [-0.1, -0.05) is 37.6 Å². The standard InChI is InChI=1S/C19H26N6O2/c1-2-3-15(8-9-26)22-18-17-16(23-19(20)24-18)10-21-25(17)11-13-4-6-14(12-27)7-5-13/h4-7,10,15,26-27H,2-3,8-9,11-12H2,1H3,(H3,20,22,23,24)/t15-/m0/s1. The van der Waals surface area contributed by atoms with E-state index in [1.165, 1.54) is 0 Å². The van der Waals surface area contributed by atoms with Gasteiger partial charge in [0.05, 0.1) is 19.3 Å². The van der Waals surface area contributed by atoms with Gasteiger partial charge in [0.15, 0.2) is 5.82 Å².